The van der Waals surface area contributed by atoms with Gasteiger partial charge in [0.25, 0.3) is 0 Å². The predicted molar refractivity (Wildman–Crippen MR) is 203 cm³/mol. The van der Waals surface area contributed by atoms with Crippen LogP contribution in [-0.4, -0.2) is 117 Å². The molecule has 4 heterocycles. The molecule has 6 atom stereocenters. The number of aromatic amines is 2. The third-order valence-electron chi connectivity index (χ3n) is 10.5. The minimum Gasteiger partial charge on any atom is -0.453 e. The molecule has 2 aliphatic rings. The van der Waals surface area contributed by atoms with E-state index in [0.29, 0.717) is 30.4 Å². The fourth-order valence-corrected chi connectivity index (χ4v) is 7.84. The number of amides is 4. The molecule has 0 unspecified atom stereocenters. The topological polar surface area (TPSA) is 157 Å². The van der Waals surface area contributed by atoms with Crippen molar-refractivity contribution in [2.75, 3.05) is 41.4 Å². The Morgan fingerprint density at radius 2 is 1.20 bits per heavy atom. The largest absolute Gasteiger partial charge is 0.453 e. The fraction of sp³-hybridized carbons (Fsp3) is 0.550. The molecule has 14 heteroatoms. The minimum atomic E-state index is -0.662. The molecule has 4 amide bonds. The van der Waals surface area contributed by atoms with Crippen LogP contribution in [0.15, 0.2) is 36.7 Å². The van der Waals surface area contributed by atoms with Crippen LogP contribution in [-0.2, 0) is 19.1 Å². The van der Waals surface area contributed by atoms with Crippen molar-refractivity contribution >= 4 is 24.0 Å². The van der Waals surface area contributed by atoms with Crippen molar-refractivity contribution in [2.45, 2.75) is 78.6 Å². The second-order valence-electron chi connectivity index (χ2n) is 15.4. The number of hydrogen-bond acceptors (Lipinski definition) is 8. The van der Waals surface area contributed by atoms with Crippen LogP contribution in [0.5, 0.6) is 0 Å². The number of benzene rings is 1. The number of H-pyrrole nitrogens is 2. The number of nitrogens with zero attached hydrogens (tertiary/aromatic N) is 6. The molecular formula is C40H54N8O6. The minimum absolute atomic E-state index is 0.106. The summed E-state index contributed by atoms with van der Waals surface area (Å²) in [7, 11) is 5.82. The van der Waals surface area contributed by atoms with Gasteiger partial charge in [0.15, 0.2) is 0 Å². The molecule has 54 heavy (non-hydrogen) atoms. The van der Waals surface area contributed by atoms with Gasteiger partial charge in [0.2, 0.25) is 11.8 Å². The van der Waals surface area contributed by atoms with Gasteiger partial charge in [-0.15, -0.1) is 0 Å². The smallest absolute Gasteiger partial charge is 0.409 e. The molecule has 290 valence electrons. The van der Waals surface area contributed by atoms with E-state index in [9.17, 15) is 19.2 Å². The number of nitrogens with one attached hydrogen (secondary N) is 2. The molecule has 2 fully saturated rings. The Bertz CT molecular complexity index is 1870. The lowest BCUT2D eigenvalue weighted by molar-refractivity contribution is -0.139. The third kappa shape index (κ3) is 8.40. The van der Waals surface area contributed by atoms with Crippen molar-refractivity contribution in [1.29, 1.82) is 0 Å². The van der Waals surface area contributed by atoms with Gasteiger partial charge in [-0.1, -0.05) is 59.6 Å². The molecule has 0 aliphatic carbocycles. The highest BCUT2D eigenvalue weighted by atomic mass is 16.5. The number of carbonyl (C=O) groups excluding carboxylic acids is 4. The zero-order valence-corrected chi connectivity index (χ0v) is 33.0. The maximum Gasteiger partial charge on any atom is 0.409 e. The molecule has 0 saturated carbocycles. The van der Waals surface area contributed by atoms with E-state index in [-0.39, 0.29) is 47.6 Å². The van der Waals surface area contributed by atoms with Crippen LogP contribution >= 0.6 is 0 Å². The predicted octanol–water partition coefficient (Wildman–Crippen LogP) is 5.46. The van der Waals surface area contributed by atoms with E-state index in [1.165, 1.54) is 24.0 Å². The first-order chi connectivity index (χ1) is 25.6. The van der Waals surface area contributed by atoms with Gasteiger partial charge in [0, 0.05) is 32.7 Å². The summed E-state index contributed by atoms with van der Waals surface area (Å²) in [4.78, 5) is 74.8. The molecule has 2 aliphatic heterocycles. The van der Waals surface area contributed by atoms with Crippen molar-refractivity contribution in [2.24, 2.45) is 23.7 Å². The van der Waals surface area contributed by atoms with Crippen LogP contribution in [0, 0.1) is 35.5 Å². The molecule has 0 spiro atoms. The van der Waals surface area contributed by atoms with Gasteiger partial charge in [0.1, 0.15) is 29.4 Å². The average molecular weight is 743 g/mol. The third-order valence-corrected chi connectivity index (χ3v) is 10.5. The van der Waals surface area contributed by atoms with Crippen molar-refractivity contribution < 1.29 is 28.7 Å². The molecule has 2 aromatic heterocycles. The van der Waals surface area contributed by atoms with Gasteiger partial charge in [-0.25, -0.2) is 19.6 Å². The highest BCUT2D eigenvalue weighted by Gasteiger charge is 2.43. The fourth-order valence-electron chi connectivity index (χ4n) is 7.84. The van der Waals surface area contributed by atoms with Crippen LogP contribution in [0.2, 0.25) is 0 Å². The van der Waals surface area contributed by atoms with Crippen molar-refractivity contribution in [3.63, 3.8) is 0 Å². The van der Waals surface area contributed by atoms with E-state index in [1.54, 1.807) is 26.5 Å². The zero-order chi connectivity index (χ0) is 39.4. The van der Waals surface area contributed by atoms with Gasteiger partial charge in [-0.05, 0) is 60.1 Å². The van der Waals surface area contributed by atoms with Gasteiger partial charge >= 0.3 is 12.2 Å². The summed E-state index contributed by atoms with van der Waals surface area (Å²) in [5, 5.41) is 0. The quantitative estimate of drug-likeness (QED) is 0.274. The Hall–Kier alpha value is -5.32. The average Bonchev–Trinajstić information content (AvgIpc) is 3.96. The number of aromatic nitrogens is 4. The maximum atomic E-state index is 13.9. The van der Waals surface area contributed by atoms with Crippen molar-refractivity contribution in [3.8, 4) is 23.1 Å². The molecule has 14 nitrogen and oxygen atoms in total. The summed E-state index contributed by atoms with van der Waals surface area (Å²) in [6.07, 6.45) is 3.87. The van der Waals surface area contributed by atoms with E-state index in [4.69, 9.17) is 14.5 Å². The lowest BCUT2D eigenvalue weighted by atomic mass is 10.0. The van der Waals surface area contributed by atoms with Crippen LogP contribution < -0.4 is 0 Å². The highest BCUT2D eigenvalue weighted by molar-refractivity contribution is 5.87. The van der Waals surface area contributed by atoms with Crippen LogP contribution in [0.1, 0.15) is 89.4 Å². The van der Waals surface area contributed by atoms with E-state index in [1.807, 2.05) is 61.8 Å². The Balaban J connectivity index is 1.28. The number of carbonyl (C=O) groups is 4. The number of methoxy groups -OCH3 is 2. The number of imidazole rings is 2. The van der Waals surface area contributed by atoms with Crippen LogP contribution in [0.25, 0.3) is 11.3 Å². The van der Waals surface area contributed by atoms with E-state index < -0.39 is 24.3 Å². The lowest BCUT2D eigenvalue weighted by Gasteiger charge is -2.34. The normalized spacial score (nSPS) is 20.7. The molecule has 0 radical (unpaired) electrons. The molecule has 1 aromatic carbocycles. The number of likely N-dealkylation sites (N-methyl/N-ethyl adjacent to an activating group) is 2. The van der Waals surface area contributed by atoms with Crippen LogP contribution in [0.3, 0.4) is 0 Å². The monoisotopic (exact) mass is 742 g/mol. The number of hydrogen-bond donors (Lipinski definition) is 2. The Labute approximate surface area is 318 Å². The molecule has 2 saturated heterocycles. The molecule has 5 rings (SSSR count). The van der Waals surface area contributed by atoms with E-state index >= 15 is 0 Å². The highest BCUT2D eigenvalue weighted by Crippen LogP contribution is 2.37. The Morgan fingerprint density at radius 1 is 0.741 bits per heavy atom. The zero-order valence-electron chi connectivity index (χ0n) is 33.0. The Morgan fingerprint density at radius 3 is 1.67 bits per heavy atom. The van der Waals surface area contributed by atoms with E-state index in [2.05, 4.69) is 40.6 Å². The molecular weight excluding hydrogens is 688 g/mol. The van der Waals surface area contributed by atoms with Crippen LogP contribution in [0.4, 0.5) is 9.59 Å². The maximum absolute atomic E-state index is 13.9. The van der Waals surface area contributed by atoms with Gasteiger partial charge in [-0.3, -0.25) is 19.4 Å². The first-order valence-electron chi connectivity index (χ1n) is 18.6. The summed E-state index contributed by atoms with van der Waals surface area (Å²) in [6.45, 7) is 13.1. The standard InChI is InChI=1S/C40H54N8O6/c1-23(2)33(45(7)39(51)53-9)37(49)47-21-25(5)17-31(47)35-41-19-29(43-35)16-13-27-11-14-28(15-12-27)30-20-42-36(44-30)32-18-26(6)22-48(32)38(50)34(24(3)4)46(8)40(52)54-10/h11-12,14-15,19-20,23-26,31-34H,17-18,21-22H2,1-10H3,(H,41,43)(H,42,44)/t25-,26-,31-,32-,33-,34-/m0/s1. The van der Waals surface area contributed by atoms with Gasteiger partial charge in [-0.2, -0.15) is 0 Å². The summed E-state index contributed by atoms with van der Waals surface area (Å²) in [5.74, 6) is 7.80. The molecule has 0 bridgehead atoms. The summed E-state index contributed by atoms with van der Waals surface area (Å²) in [6, 6.07) is 6.00. The second-order valence-corrected chi connectivity index (χ2v) is 15.4. The van der Waals surface area contributed by atoms with E-state index in [0.717, 1.165) is 29.7 Å². The SMILES string of the molecule is COC(=O)N(C)[C@H](C(=O)N1C[C@@H](C)C[C@H]1c1ncc(C#Cc2ccc(-c3cnc([C@@H]4C[C@H](C)CN4C(=O)[C@H](C(C)C)N(C)C(=O)OC)[nH]3)cc2)[nH]1)C(C)C. The number of likely N-dealkylation sites (tertiary alicyclic amines) is 2. The number of ether oxygens (including phenoxy) is 2. The van der Waals surface area contributed by atoms with Gasteiger partial charge < -0.3 is 29.2 Å². The van der Waals surface area contributed by atoms with Crippen molar-refractivity contribution in [3.05, 3.63) is 59.6 Å². The molecule has 3 aromatic rings. The van der Waals surface area contributed by atoms with Crippen molar-refractivity contribution in [1.82, 2.24) is 39.5 Å². The first kappa shape index (κ1) is 39.9. The Kier molecular flexibility index (Phi) is 12.4. The summed E-state index contributed by atoms with van der Waals surface area (Å²) < 4.78 is 9.81. The number of rotatable bonds is 9. The second kappa shape index (κ2) is 16.8. The summed E-state index contributed by atoms with van der Waals surface area (Å²) in [5.41, 5.74) is 3.19. The lowest BCUT2D eigenvalue weighted by Crippen LogP contribution is -2.52. The van der Waals surface area contributed by atoms with Gasteiger partial charge in [0.05, 0.1) is 44.4 Å². The molecule has 2 N–H and O–H groups in total. The summed E-state index contributed by atoms with van der Waals surface area (Å²) >= 11 is 0. The first-order valence-corrected chi connectivity index (χ1v) is 18.6.